The molecule has 0 radical (unpaired) electrons. The average Bonchev–Trinajstić information content (AvgIpc) is 2.33. The Hall–Kier alpha value is -1.06. The number of hydrogen-bond acceptors (Lipinski definition) is 1. The quantitative estimate of drug-likeness (QED) is 0.742. The molecule has 94 valence electrons. The molecule has 1 aliphatic heterocycles. The first-order valence-electron chi connectivity index (χ1n) is 5.54. The lowest BCUT2D eigenvalue weighted by Crippen LogP contribution is -2.23. The minimum atomic E-state index is -0.334. The van der Waals surface area contributed by atoms with Crippen molar-refractivity contribution in [3.05, 3.63) is 63.5 Å². The summed E-state index contributed by atoms with van der Waals surface area (Å²) in [5.74, 6) is -0.334. The van der Waals surface area contributed by atoms with Crippen LogP contribution in [0.4, 0.5) is 4.39 Å². The molecule has 0 atom stereocenters. The van der Waals surface area contributed by atoms with E-state index in [0.717, 1.165) is 28.0 Å². The van der Waals surface area contributed by atoms with Gasteiger partial charge in [-0.3, -0.25) is 0 Å². The zero-order chi connectivity index (χ0) is 13.3. The second-order valence-electron chi connectivity index (χ2n) is 3.88. The van der Waals surface area contributed by atoms with E-state index in [-0.39, 0.29) is 5.82 Å². The van der Waals surface area contributed by atoms with E-state index in [1.54, 1.807) is 6.07 Å². The van der Waals surface area contributed by atoms with Crippen LogP contribution in [-0.2, 0) is 0 Å². The van der Waals surface area contributed by atoms with E-state index in [9.17, 15) is 4.39 Å². The first-order chi connectivity index (χ1) is 8.54. The normalized spacial score (nSPS) is 15.6. The van der Waals surface area contributed by atoms with Gasteiger partial charge in [0.1, 0.15) is 5.82 Å². The topological polar surface area (TPSA) is 3.24 Å². The lowest BCUT2D eigenvalue weighted by Gasteiger charge is -2.31. The maximum atomic E-state index is 13.1. The van der Waals surface area contributed by atoms with Gasteiger partial charge in [0.25, 0.3) is 0 Å². The first-order valence-corrected chi connectivity index (χ1v) is 6.71. The van der Waals surface area contributed by atoms with E-state index in [1.807, 2.05) is 24.0 Å². The lowest BCUT2D eigenvalue weighted by molar-refractivity contribution is 0.528. The van der Waals surface area contributed by atoms with Crippen LogP contribution in [0.2, 0.25) is 5.02 Å². The lowest BCUT2D eigenvalue weighted by atomic mass is 10.1. The number of allylic oxidation sites excluding steroid dienone is 3. The summed E-state index contributed by atoms with van der Waals surface area (Å²) in [6.07, 6.45) is 3.87. The maximum Gasteiger partial charge on any atom is 0.124 e. The molecule has 0 bridgehead atoms. The highest BCUT2D eigenvalue weighted by Gasteiger charge is 2.20. The number of halogens is 3. The molecule has 0 aliphatic carbocycles. The highest BCUT2D eigenvalue weighted by molar-refractivity contribution is 9.12. The van der Waals surface area contributed by atoms with Gasteiger partial charge in [0.2, 0.25) is 0 Å². The highest BCUT2D eigenvalue weighted by Crippen LogP contribution is 2.35. The summed E-state index contributed by atoms with van der Waals surface area (Å²) in [6.45, 7) is 6.82. The van der Waals surface area contributed by atoms with E-state index < -0.39 is 0 Å². The van der Waals surface area contributed by atoms with Crippen molar-refractivity contribution < 1.29 is 4.39 Å². The highest BCUT2D eigenvalue weighted by atomic mass is 79.9. The van der Waals surface area contributed by atoms with Crippen LogP contribution in [0.5, 0.6) is 0 Å². The minimum absolute atomic E-state index is 0.334. The molecule has 0 aromatic heterocycles. The summed E-state index contributed by atoms with van der Waals surface area (Å²) in [5.41, 5.74) is 2.60. The molecule has 0 saturated carbocycles. The Morgan fingerprint density at radius 2 is 2.11 bits per heavy atom. The molecule has 0 saturated heterocycles. The number of nitrogens with zero attached hydrogens (tertiary/aromatic N) is 1. The zero-order valence-electron chi connectivity index (χ0n) is 9.88. The largest absolute Gasteiger partial charge is 0.341 e. The fourth-order valence-electron chi connectivity index (χ4n) is 1.91. The van der Waals surface area contributed by atoms with Crippen LogP contribution in [0.1, 0.15) is 12.5 Å². The second kappa shape index (κ2) is 5.29. The summed E-state index contributed by atoms with van der Waals surface area (Å²) >= 11 is 9.55. The summed E-state index contributed by atoms with van der Waals surface area (Å²) in [5, 5.41) is 0.402. The Bertz CT molecular complexity index is 563. The third kappa shape index (κ3) is 2.38. The van der Waals surface area contributed by atoms with Crippen LogP contribution in [-0.4, -0.2) is 11.4 Å². The number of benzene rings is 1. The minimum Gasteiger partial charge on any atom is -0.341 e. The van der Waals surface area contributed by atoms with Gasteiger partial charge in [-0.05, 0) is 53.2 Å². The molecule has 0 fully saturated rings. The van der Waals surface area contributed by atoms with Crippen LogP contribution in [0.15, 0.2) is 47.1 Å². The Morgan fingerprint density at radius 1 is 1.39 bits per heavy atom. The van der Waals surface area contributed by atoms with Crippen LogP contribution in [0.25, 0.3) is 5.70 Å². The van der Waals surface area contributed by atoms with Crippen molar-refractivity contribution in [3.63, 3.8) is 0 Å². The van der Waals surface area contributed by atoms with E-state index in [4.69, 9.17) is 11.6 Å². The third-order valence-corrected chi connectivity index (χ3v) is 3.84. The standard InChI is InChI=1S/C14H12BrClFN/c1-3-18-9(2)12(15)6-7-14(18)11-5-4-10(17)8-13(11)16/h4-8H,2-3H2,1H3. The van der Waals surface area contributed by atoms with Crippen molar-refractivity contribution in [1.29, 1.82) is 0 Å². The second-order valence-corrected chi connectivity index (χ2v) is 5.14. The SMILES string of the molecule is C=C1C(Br)=CC=C(c2ccc(F)cc2Cl)N1CC. The van der Waals surface area contributed by atoms with Gasteiger partial charge in [-0.1, -0.05) is 18.2 Å². The zero-order valence-corrected chi connectivity index (χ0v) is 12.2. The molecular weight excluding hydrogens is 317 g/mol. The molecule has 0 amide bonds. The van der Waals surface area contributed by atoms with Crippen LogP contribution < -0.4 is 0 Å². The van der Waals surface area contributed by atoms with Crippen molar-refractivity contribution in [2.75, 3.05) is 6.54 Å². The predicted molar refractivity (Wildman–Crippen MR) is 77.9 cm³/mol. The molecule has 2 rings (SSSR count). The van der Waals surface area contributed by atoms with Crippen molar-refractivity contribution in [1.82, 2.24) is 4.90 Å². The fourth-order valence-corrected chi connectivity index (χ4v) is 2.52. The summed E-state index contributed by atoms with van der Waals surface area (Å²) in [6, 6.07) is 4.42. The first kappa shape index (κ1) is 13.4. The van der Waals surface area contributed by atoms with Crippen LogP contribution in [0, 0.1) is 5.82 Å². The molecule has 1 aromatic rings. The van der Waals surface area contributed by atoms with Gasteiger partial charge in [-0.15, -0.1) is 0 Å². The molecule has 1 aliphatic rings. The molecule has 0 unspecified atom stereocenters. The molecule has 0 spiro atoms. The molecule has 1 heterocycles. The molecule has 0 N–H and O–H groups in total. The Balaban J connectivity index is 2.52. The Labute approximate surface area is 119 Å². The molecule has 4 heteroatoms. The summed E-state index contributed by atoms with van der Waals surface area (Å²) in [4.78, 5) is 2.03. The molecular formula is C14H12BrClFN. The van der Waals surface area contributed by atoms with Gasteiger partial charge < -0.3 is 4.90 Å². The van der Waals surface area contributed by atoms with Gasteiger partial charge in [-0.25, -0.2) is 4.39 Å². The number of rotatable bonds is 2. The number of likely N-dealkylation sites (N-methyl/N-ethyl adjacent to an activating group) is 1. The maximum absolute atomic E-state index is 13.1. The fraction of sp³-hybridized carbons (Fsp3) is 0.143. The van der Waals surface area contributed by atoms with Gasteiger partial charge in [-0.2, -0.15) is 0 Å². The van der Waals surface area contributed by atoms with Gasteiger partial charge in [0.15, 0.2) is 0 Å². The van der Waals surface area contributed by atoms with Gasteiger partial charge >= 0.3 is 0 Å². The van der Waals surface area contributed by atoms with Gasteiger partial charge in [0, 0.05) is 28.0 Å². The monoisotopic (exact) mass is 327 g/mol. The Kier molecular flexibility index (Phi) is 3.93. The van der Waals surface area contributed by atoms with Gasteiger partial charge in [0.05, 0.1) is 5.02 Å². The predicted octanol–water partition coefficient (Wildman–Crippen LogP) is 4.95. The van der Waals surface area contributed by atoms with E-state index in [1.165, 1.54) is 12.1 Å². The molecule has 1 aromatic carbocycles. The molecule has 18 heavy (non-hydrogen) atoms. The summed E-state index contributed by atoms with van der Waals surface area (Å²) in [7, 11) is 0. The van der Waals surface area contributed by atoms with Crippen molar-refractivity contribution >= 4 is 33.2 Å². The average molecular weight is 329 g/mol. The van der Waals surface area contributed by atoms with Crippen molar-refractivity contribution in [2.24, 2.45) is 0 Å². The molecule has 1 nitrogen and oxygen atoms in total. The van der Waals surface area contributed by atoms with E-state index >= 15 is 0 Å². The Morgan fingerprint density at radius 3 is 2.72 bits per heavy atom. The van der Waals surface area contributed by atoms with E-state index in [2.05, 4.69) is 22.5 Å². The van der Waals surface area contributed by atoms with Crippen LogP contribution >= 0.6 is 27.5 Å². The third-order valence-electron chi connectivity index (χ3n) is 2.80. The smallest absolute Gasteiger partial charge is 0.124 e. The van der Waals surface area contributed by atoms with Crippen LogP contribution in [0.3, 0.4) is 0 Å². The van der Waals surface area contributed by atoms with E-state index in [0.29, 0.717) is 5.02 Å². The van der Waals surface area contributed by atoms with Crippen molar-refractivity contribution in [2.45, 2.75) is 6.92 Å². The number of hydrogen-bond donors (Lipinski definition) is 0. The van der Waals surface area contributed by atoms with Crippen molar-refractivity contribution in [3.8, 4) is 0 Å². The summed E-state index contributed by atoms with van der Waals surface area (Å²) < 4.78 is 14.0.